The summed E-state index contributed by atoms with van der Waals surface area (Å²) in [7, 11) is 0. The summed E-state index contributed by atoms with van der Waals surface area (Å²) in [4.78, 5) is 3.79. The Morgan fingerprint density at radius 1 is 1.14 bits per heavy atom. The van der Waals surface area contributed by atoms with Crippen molar-refractivity contribution in [3.63, 3.8) is 0 Å². The molecule has 2 N–H and O–H groups in total. The molecule has 21 heavy (non-hydrogen) atoms. The van der Waals surface area contributed by atoms with E-state index in [0.717, 1.165) is 25.1 Å². The molecule has 5 heteroatoms. The normalized spacial score (nSPS) is 17.0. The van der Waals surface area contributed by atoms with Crippen LogP contribution in [-0.4, -0.2) is 18.0 Å². The van der Waals surface area contributed by atoms with E-state index < -0.39 is 6.43 Å². The smallest absolute Gasteiger partial charge is 0.263 e. The van der Waals surface area contributed by atoms with E-state index in [4.69, 9.17) is 5.73 Å². The van der Waals surface area contributed by atoms with E-state index in [1.54, 1.807) is 23.5 Å². The fourth-order valence-electron chi connectivity index (χ4n) is 2.90. The van der Waals surface area contributed by atoms with Gasteiger partial charge >= 0.3 is 0 Å². The maximum atomic E-state index is 12.6. The van der Waals surface area contributed by atoms with Crippen molar-refractivity contribution in [1.82, 2.24) is 4.90 Å². The first kappa shape index (κ1) is 14.6. The number of halogens is 2. The van der Waals surface area contributed by atoms with Crippen LogP contribution >= 0.6 is 11.3 Å². The molecule has 0 saturated heterocycles. The third kappa shape index (κ3) is 3.00. The lowest BCUT2D eigenvalue weighted by molar-refractivity contribution is 0.151. The zero-order valence-electron chi connectivity index (χ0n) is 11.6. The van der Waals surface area contributed by atoms with Crippen LogP contribution in [0.15, 0.2) is 35.7 Å². The first-order valence-corrected chi connectivity index (χ1v) is 7.94. The van der Waals surface area contributed by atoms with E-state index >= 15 is 0 Å². The number of hydrogen-bond acceptors (Lipinski definition) is 3. The molecule has 0 saturated carbocycles. The molecule has 1 unspecified atom stereocenters. The highest BCUT2D eigenvalue weighted by molar-refractivity contribution is 7.10. The summed E-state index contributed by atoms with van der Waals surface area (Å²) in [6.45, 7) is 2.34. The highest BCUT2D eigenvalue weighted by atomic mass is 32.1. The fourth-order valence-corrected chi connectivity index (χ4v) is 3.79. The lowest BCUT2D eigenvalue weighted by Crippen LogP contribution is -2.37. The Bertz CT molecular complexity index is 595. The maximum Gasteiger partial charge on any atom is 0.263 e. The van der Waals surface area contributed by atoms with Crippen molar-refractivity contribution in [2.75, 3.05) is 13.1 Å². The van der Waals surface area contributed by atoms with E-state index in [2.05, 4.69) is 16.3 Å². The van der Waals surface area contributed by atoms with E-state index in [9.17, 15) is 8.78 Å². The Hall–Kier alpha value is -1.30. The minimum atomic E-state index is -2.42. The molecule has 0 aliphatic carbocycles. The van der Waals surface area contributed by atoms with Gasteiger partial charge in [0.25, 0.3) is 6.43 Å². The predicted octanol–water partition coefficient (Wildman–Crippen LogP) is 3.74. The molecule has 0 bridgehead atoms. The monoisotopic (exact) mass is 308 g/mol. The molecule has 2 aromatic rings. The van der Waals surface area contributed by atoms with Crippen molar-refractivity contribution in [2.45, 2.75) is 25.4 Å². The standard InChI is InChI=1S/C16H18F2N2S/c17-16(18)12-3-1-11(2-4-12)14(9-19)20-7-5-15-13(10-20)6-8-21-15/h1-4,6,8,14,16H,5,7,9-10,19H2. The third-order valence-corrected chi connectivity index (χ3v) is 5.10. The van der Waals surface area contributed by atoms with Crippen LogP contribution in [0.1, 0.15) is 34.0 Å². The van der Waals surface area contributed by atoms with Crippen LogP contribution < -0.4 is 5.73 Å². The molecule has 3 rings (SSSR count). The Morgan fingerprint density at radius 2 is 1.86 bits per heavy atom. The second-order valence-electron chi connectivity index (χ2n) is 5.31. The van der Waals surface area contributed by atoms with Crippen LogP contribution in [0.4, 0.5) is 8.78 Å². The van der Waals surface area contributed by atoms with Crippen molar-refractivity contribution >= 4 is 11.3 Å². The Morgan fingerprint density at radius 3 is 2.52 bits per heavy atom. The van der Waals surface area contributed by atoms with Crippen molar-refractivity contribution in [3.8, 4) is 0 Å². The molecule has 0 amide bonds. The second kappa shape index (κ2) is 6.22. The molecular formula is C16H18F2N2S. The summed E-state index contributed by atoms with van der Waals surface area (Å²) < 4.78 is 25.3. The van der Waals surface area contributed by atoms with E-state index in [1.807, 2.05) is 0 Å². The van der Waals surface area contributed by atoms with Gasteiger partial charge in [0.15, 0.2) is 0 Å². The summed E-state index contributed by atoms with van der Waals surface area (Å²) >= 11 is 1.81. The summed E-state index contributed by atoms with van der Waals surface area (Å²) in [5.41, 5.74) is 8.39. The van der Waals surface area contributed by atoms with Crippen molar-refractivity contribution in [1.29, 1.82) is 0 Å². The van der Waals surface area contributed by atoms with Gasteiger partial charge in [-0.05, 0) is 29.0 Å². The van der Waals surface area contributed by atoms with Gasteiger partial charge in [-0.3, -0.25) is 4.90 Å². The van der Waals surface area contributed by atoms with Crippen LogP contribution in [0.25, 0.3) is 0 Å². The number of benzene rings is 1. The molecular weight excluding hydrogens is 290 g/mol. The second-order valence-corrected chi connectivity index (χ2v) is 6.31. The highest BCUT2D eigenvalue weighted by Crippen LogP contribution is 2.30. The number of nitrogens with two attached hydrogens (primary N) is 1. The van der Waals surface area contributed by atoms with Gasteiger partial charge in [0.1, 0.15) is 0 Å². The average molecular weight is 308 g/mol. The SMILES string of the molecule is NCC(c1ccc(C(F)F)cc1)N1CCc2sccc2C1. The van der Waals surface area contributed by atoms with E-state index in [1.165, 1.54) is 22.6 Å². The largest absolute Gasteiger partial charge is 0.329 e. The predicted molar refractivity (Wildman–Crippen MR) is 81.6 cm³/mol. The zero-order valence-corrected chi connectivity index (χ0v) is 12.5. The molecule has 1 aromatic heterocycles. The Labute approximate surface area is 127 Å². The first-order chi connectivity index (χ1) is 10.2. The quantitative estimate of drug-likeness (QED) is 0.932. The van der Waals surface area contributed by atoms with Crippen LogP contribution in [0, 0.1) is 0 Å². The lowest BCUT2D eigenvalue weighted by atomic mass is 10.00. The van der Waals surface area contributed by atoms with Gasteiger partial charge in [0.05, 0.1) is 0 Å². The molecule has 1 aliphatic rings. The number of thiophene rings is 1. The fraction of sp³-hybridized carbons (Fsp3) is 0.375. The number of hydrogen-bond donors (Lipinski definition) is 1. The highest BCUT2D eigenvalue weighted by Gasteiger charge is 2.24. The maximum absolute atomic E-state index is 12.6. The van der Waals surface area contributed by atoms with E-state index in [0.29, 0.717) is 6.54 Å². The molecule has 1 aromatic carbocycles. The minimum Gasteiger partial charge on any atom is -0.329 e. The Balaban J connectivity index is 1.79. The first-order valence-electron chi connectivity index (χ1n) is 7.06. The summed E-state index contributed by atoms with van der Waals surface area (Å²) in [6, 6.07) is 8.82. The van der Waals surface area contributed by atoms with Gasteiger partial charge in [0.2, 0.25) is 0 Å². The summed E-state index contributed by atoms with van der Waals surface area (Å²) in [5, 5.41) is 2.13. The summed E-state index contributed by atoms with van der Waals surface area (Å²) in [5.74, 6) is 0. The number of nitrogens with zero attached hydrogens (tertiary/aromatic N) is 1. The minimum absolute atomic E-state index is 0.0632. The van der Waals surface area contributed by atoms with Gasteiger partial charge in [-0.25, -0.2) is 8.78 Å². The molecule has 2 nitrogen and oxygen atoms in total. The molecule has 112 valence electrons. The number of rotatable bonds is 4. The summed E-state index contributed by atoms with van der Waals surface area (Å²) in [6.07, 6.45) is -1.38. The zero-order chi connectivity index (χ0) is 14.8. The van der Waals surface area contributed by atoms with Crippen molar-refractivity contribution in [2.24, 2.45) is 5.73 Å². The van der Waals surface area contributed by atoms with Crippen LogP contribution in [0.5, 0.6) is 0 Å². The molecule has 0 fully saturated rings. The lowest BCUT2D eigenvalue weighted by Gasteiger charge is -2.34. The van der Waals surface area contributed by atoms with Crippen LogP contribution in [0.3, 0.4) is 0 Å². The van der Waals surface area contributed by atoms with Crippen molar-refractivity contribution < 1.29 is 8.78 Å². The van der Waals surface area contributed by atoms with Gasteiger partial charge in [0, 0.05) is 36.1 Å². The van der Waals surface area contributed by atoms with Crippen molar-refractivity contribution in [3.05, 3.63) is 57.3 Å². The van der Waals surface area contributed by atoms with Crippen LogP contribution in [-0.2, 0) is 13.0 Å². The van der Waals surface area contributed by atoms with Gasteiger partial charge < -0.3 is 5.73 Å². The number of alkyl halides is 2. The molecule has 2 heterocycles. The van der Waals surface area contributed by atoms with E-state index in [-0.39, 0.29) is 11.6 Å². The number of fused-ring (bicyclic) bond motifs is 1. The van der Waals surface area contributed by atoms with Crippen LogP contribution in [0.2, 0.25) is 0 Å². The van der Waals surface area contributed by atoms with Gasteiger partial charge in [-0.1, -0.05) is 24.3 Å². The molecule has 0 spiro atoms. The third-order valence-electron chi connectivity index (χ3n) is 4.07. The molecule has 1 atom stereocenters. The average Bonchev–Trinajstić information content (AvgIpc) is 2.96. The molecule has 1 aliphatic heterocycles. The molecule has 0 radical (unpaired) electrons. The Kier molecular flexibility index (Phi) is 4.33. The van der Waals surface area contributed by atoms with Gasteiger partial charge in [-0.15, -0.1) is 11.3 Å². The topological polar surface area (TPSA) is 29.3 Å². The van der Waals surface area contributed by atoms with Gasteiger partial charge in [-0.2, -0.15) is 0 Å².